The lowest BCUT2D eigenvalue weighted by molar-refractivity contribution is -0.0440. The molecule has 2 heterocycles. The number of morpholine rings is 1. The van der Waals surface area contributed by atoms with Crippen molar-refractivity contribution in [3.8, 4) is 0 Å². The number of benzene rings is 1. The van der Waals surface area contributed by atoms with Gasteiger partial charge in [0, 0.05) is 30.6 Å². The monoisotopic (exact) mass is 442 g/mol. The van der Waals surface area contributed by atoms with Crippen LogP contribution in [-0.4, -0.2) is 55.9 Å². The molecule has 0 saturated carbocycles. The molecule has 1 aliphatic rings. The van der Waals surface area contributed by atoms with Gasteiger partial charge < -0.3 is 9.64 Å². The average Bonchev–Trinajstić information content (AvgIpc) is 3.05. The molecule has 1 fully saturated rings. The Morgan fingerprint density at radius 3 is 2.32 bits per heavy atom. The van der Waals surface area contributed by atoms with Gasteiger partial charge in [-0.05, 0) is 50.2 Å². The van der Waals surface area contributed by atoms with Gasteiger partial charge in [-0.2, -0.15) is 4.31 Å². The number of hydrogen-bond acceptors (Lipinski definition) is 5. The molecule has 9 heteroatoms. The molecular formula is C19H23ClN2O4S2. The van der Waals surface area contributed by atoms with Crippen LogP contribution in [0.25, 0.3) is 0 Å². The highest BCUT2D eigenvalue weighted by Crippen LogP contribution is 2.24. The summed E-state index contributed by atoms with van der Waals surface area (Å²) in [6, 6.07) is 9.77. The average molecular weight is 443 g/mol. The molecule has 2 atom stereocenters. The quantitative estimate of drug-likeness (QED) is 0.711. The van der Waals surface area contributed by atoms with Crippen molar-refractivity contribution < 1.29 is 17.9 Å². The van der Waals surface area contributed by atoms with E-state index in [4.69, 9.17) is 16.3 Å². The van der Waals surface area contributed by atoms with Crippen LogP contribution < -0.4 is 0 Å². The van der Waals surface area contributed by atoms with Crippen LogP contribution in [0.5, 0.6) is 0 Å². The van der Waals surface area contributed by atoms with Crippen LogP contribution >= 0.6 is 22.9 Å². The molecule has 1 amide bonds. The summed E-state index contributed by atoms with van der Waals surface area (Å²) in [6.45, 7) is 4.80. The number of amides is 1. The van der Waals surface area contributed by atoms with E-state index in [9.17, 15) is 13.2 Å². The Morgan fingerprint density at radius 2 is 1.79 bits per heavy atom. The van der Waals surface area contributed by atoms with Gasteiger partial charge in [0.05, 0.1) is 28.0 Å². The Balaban J connectivity index is 1.72. The van der Waals surface area contributed by atoms with E-state index in [2.05, 4.69) is 0 Å². The summed E-state index contributed by atoms with van der Waals surface area (Å²) in [5.41, 5.74) is 0.438. The molecule has 28 heavy (non-hydrogen) atoms. The predicted octanol–water partition coefficient (Wildman–Crippen LogP) is 3.47. The fraction of sp³-hybridized carbons (Fsp3) is 0.421. The first kappa shape index (κ1) is 21.3. The number of hydrogen-bond donors (Lipinski definition) is 0. The van der Waals surface area contributed by atoms with Crippen molar-refractivity contribution in [3.05, 3.63) is 51.2 Å². The zero-order valence-corrected chi connectivity index (χ0v) is 18.4. The van der Waals surface area contributed by atoms with Crippen LogP contribution in [0.15, 0.2) is 41.3 Å². The third-order valence-electron chi connectivity index (χ3n) is 4.49. The van der Waals surface area contributed by atoms with Crippen molar-refractivity contribution in [1.82, 2.24) is 9.21 Å². The lowest BCUT2D eigenvalue weighted by Gasteiger charge is -2.34. The summed E-state index contributed by atoms with van der Waals surface area (Å²) >= 11 is 7.36. The van der Waals surface area contributed by atoms with E-state index in [0.29, 0.717) is 29.5 Å². The first-order chi connectivity index (χ1) is 13.2. The number of thiophene rings is 1. The zero-order valence-electron chi connectivity index (χ0n) is 16.0. The lowest BCUT2D eigenvalue weighted by atomic mass is 10.2. The van der Waals surface area contributed by atoms with Crippen molar-refractivity contribution in [1.29, 1.82) is 0 Å². The highest BCUT2D eigenvalue weighted by atomic mass is 35.5. The normalized spacial score (nSPS) is 20.9. The molecule has 6 nitrogen and oxygen atoms in total. The maximum Gasteiger partial charge on any atom is 0.253 e. The van der Waals surface area contributed by atoms with E-state index in [1.165, 1.54) is 27.8 Å². The van der Waals surface area contributed by atoms with E-state index < -0.39 is 10.0 Å². The summed E-state index contributed by atoms with van der Waals surface area (Å²) in [5.74, 6) is -0.179. The smallest absolute Gasteiger partial charge is 0.253 e. The van der Waals surface area contributed by atoms with Gasteiger partial charge >= 0.3 is 0 Å². The Labute approximate surface area is 174 Å². The molecular weight excluding hydrogens is 420 g/mol. The molecule has 0 aliphatic carbocycles. The second-order valence-corrected chi connectivity index (χ2v) is 10.7. The lowest BCUT2D eigenvalue weighted by Crippen LogP contribution is -2.48. The summed E-state index contributed by atoms with van der Waals surface area (Å²) in [4.78, 5) is 15.4. The van der Waals surface area contributed by atoms with Gasteiger partial charge in [0.15, 0.2) is 0 Å². The summed E-state index contributed by atoms with van der Waals surface area (Å²) in [5, 5.41) is 0. The molecule has 0 radical (unpaired) electrons. The van der Waals surface area contributed by atoms with Gasteiger partial charge in [-0.25, -0.2) is 8.42 Å². The molecule has 1 aromatic carbocycles. The number of rotatable bonds is 5. The van der Waals surface area contributed by atoms with Gasteiger partial charge in [0.1, 0.15) is 0 Å². The highest BCUT2D eigenvalue weighted by molar-refractivity contribution is 7.89. The molecule has 0 bridgehead atoms. The van der Waals surface area contributed by atoms with Gasteiger partial charge in [0.25, 0.3) is 5.91 Å². The summed E-state index contributed by atoms with van der Waals surface area (Å²) in [6.07, 6.45) is -0.308. The summed E-state index contributed by atoms with van der Waals surface area (Å²) in [7, 11) is -1.92. The minimum atomic E-state index is -3.62. The molecule has 0 N–H and O–H groups in total. The second-order valence-electron chi connectivity index (χ2n) is 6.97. The predicted molar refractivity (Wildman–Crippen MR) is 110 cm³/mol. The molecule has 0 spiro atoms. The van der Waals surface area contributed by atoms with E-state index in [1.54, 1.807) is 30.1 Å². The van der Waals surface area contributed by atoms with E-state index in [0.717, 1.165) is 4.88 Å². The SMILES string of the molecule is CC1CN(S(=O)(=O)c2ccc(C(=O)N(C)Cc3ccc(Cl)s3)cc2)CC(C)O1. The van der Waals surface area contributed by atoms with Crippen molar-refractivity contribution in [3.63, 3.8) is 0 Å². The minimum Gasteiger partial charge on any atom is -0.373 e. The molecule has 2 aromatic rings. The van der Waals surface area contributed by atoms with Crippen LogP contribution in [0.3, 0.4) is 0 Å². The fourth-order valence-corrected chi connectivity index (χ4v) is 5.94. The summed E-state index contributed by atoms with van der Waals surface area (Å²) < 4.78 is 33.5. The molecule has 152 valence electrons. The van der Waals surface area contributed by atoms with Crippen LogP contribution in [-0.2, 0) is 21.3 Å². The largest absolute Gasteiger partial charge is 0.373 e. The Hall–Kier alpha value is -1.45. The Morgan fingerprint density at radius 1 is 1.18 bits per heavy atom. The maximum absolute atomic E-state index is 12.9. The van der Waals surface area contributed by atoms with Crippen molar-refractivity contribution in [2.45, 2.75) is 37.5 Å². The highest BCUT2D eigenvalue weighted by Gasteiger charge is 2.32. The zero-order chi connectivity index (χ0) is 20.5. The number of nitrogens with zero attached hydrogens (tertiary/aromatic N) is 2. The minimum absolute atomic E-state index is 0.154. The standard InChI is InChI=1S/C19H23ClN2O4S2/c1-13-10-22(11-14(2)26-13)28(24,25)17-7-4-15(5-8-17)19(23)21(3)12-16-6-9-18(20)27-16/h4-9,13-14H,10-12H2,1-3H3. The van der Waals surface area contributed by atoms with Crippen LogP contribution in [0.4, 0.5) is 0 Å². The molecule has 3 rings (SSSR count). The van der Waals surface area contributed by atoms with Gasteiger partial charge in [-0.1, -0.05) is 11.6 Å². The maximum atomic E-state index is 12.9. The van der Waals surface area contributed by atoms with Crippen molar-refractivity contribution in [2.24, 2.45) is 0 Å². The van der Waals surface area contributed by atoms with Gasteiger partial charge in [0.2, 0.25) is 10.0 Å². The number of carbonyl (C=O) groups excluding carboxylic acids is 1. The van der Waals surface area contributed by atoms with E-state index in [-0.39, 0.29) is 23.0 Å². The molecule has 1 saturated heterocycles. The number of halogens is 1. The number of ether oxygens (including phenoxy) is 1. The Bertz CT molecular complexity index is 933. The van der Waals surface area contributed by atoms with Gasteiger partial charge in [-0.3, -0.25) is 4.79 Å². The molecule has 1 aromatic heterocycles. The molecule has 1 aliphatic heterocycles. The van der Waals surface area contributed by atoms with Crippen LogP contribution in [0.1, 0.15) is 29.1 Å². The first-order valence-electron chi connectivity index (χ1n) is 8.92. The third-order valence-corrected chi connectivity index (χ3v) is 7.56. The topological polar surface area (TPSA) is 66.9 Å². The fourth-order valence-electron chi connectivity index (χ4n) is 3.21. The first-order valence-corrected chi connectivity index (χ1v) is 11.6. The van der Waals surface area contributed by atoms with E-state index in [1.807, 2.05) is 19.9 Å². The number of sulfonamides is 1. The third kappa shape index (κ3) is 4.75. The molecule has 2 unspecified atom stereocenters. The van der Waals surface area contributed by atoms with Crippen molar-refractivity contribution in [2.75, 3.05) is 20.1 Å². The second kappa shape index (κ2) is 8.51. The van der Waals surface area contributed by atoms with Crippen LogP contribution in [0.2, 0.25) is 4.34 Å². The Kier molecular flexibility index (Phi) is 6.46. The number of carbonyl (C=O) groups is 1. The van der Waals surface area contributed by atoms with Crippen molar-refractivity contribution >= 4 is 38.9 Å². The van der Waals surface area contributed by atoms with Gasteiger partial charge in [-0.15, -0.1) is 11.3 Å². The van der Waals surface area contributed by atoms with Crippen LogP contribution in [0, 0.1) is 0 Å². The van der Waals surface area contributed by atoms with E-state index >= 15 is 0 Å².